The molecule has 1 amide bonds. The summed E-state index contributed by atoms with van der Waals surface area (Å²) in [7, 11) is 4.74. The summed E-state index contributed by atoms with van der Waals surface area (Å²) in [6.07, 6.45) is 0. The number of nitrogens with zero attached hydrogens (tertiary/aromatic N) is 3. The number of benzene rings is 2. The zero-order valence-corrected chi connectivity index (χ0v) is 15.9. The van der Waals surface area contributed by atoms with Gasteiger partial charge >= 0.3 is 0 Å². The first-order valence-electron chi connectivity index (χ1n) is 8.08. The second-order valence-electron chi connectivity index (χ2n) is 5.75. The predicted molar refractivity (Wildman–Crippen MR) is 100 cm³/mol. The molecule has 27 heavy (non-hydrogen) atoms. The number of hydrogen-bond donors (Lipinski definition) is 0. The second kappa shape index (κ2) is 8.09. The zero-order chi connectivity index (χ0) is 19.4. The fourth-order valence-electron chi connectivity index (χ4n) is 2.50. The van der Waals surface area contributed by atoms with Crippen molar-refractivity contribution in [2.45, 2.75) is 6.54 Å². The zero-order valence-electron chi connectivity index (χ0n) is 15.1. The summed E-state index contributed by atoms with van der Waals surface area (Å²) in [5.41, 5.74) is 1.15. The molecule has 1 aromatic heterocycles. The van der Waals surface area contributed by atoms with Gasteiger partial charge < -0.3 is 18.9 Å². The van der Waals surface area contributed by atoms with Crippen LogP contribution in [0.2, 0.25) is 5.02 Å². The molecule has 0 fully saturated rings. The molecule has 2 aromatic carbocycles. The van der Waals surface area contributed by atoms with Gasteiger partial charge in [-0.2, -0.15) is 4.98 Å². The van der Waals surface area contributed by atoms with Gasteiger partial charge in [-0.1, -0.05) is 16.8 Å². The van der Waals surface area contributed by atoms with Crippen LogP contribution in [-0.2, 0) is 6.54 Å². The lowest BCUT2D eigenvalue weighted by Crippen LogP contribution is -2.26. The van der Waals surface area contributed by atoms with E-state index in [1.54, 1.807) is 32.4 Å². The van der Waals surface area contributed by atoms with Crippen molar-refractivity contribution < 1.29 is 18.8 Å². The third-order valence-electron chi connectivity index (χ3n) is 3.93. The summed E-state index contributed by atoms with van der Waals surface area (Å²) < 4.78 is 15.6. The van der Waals surface area contributed by atoms with Crippen molar-refractivity contribution >= 4 is 17.5 Å². The first-order valence-corrected chi connectivity index (χ1v) is 8.45. The van der Waals surface area contributed by atoms with E-state index in [2.05, 4.69) is 10.1 Å². The van der Waals surface area contributed by atoms with Gasteiger partial charge in [0.15, 0.2) is 0 Å². The van der Waals surface area contributed by atoms with E-state index in [4.69, 9.17) is 25.6 Å². The quantitative estimate of drug-likeness (QED) is 0.642. The van der Waals surface area contributed by atoms with Crippen LogP contribution in [0.5, 0.6) is 11.5 Å². The van der Waals surface area contributed by atoms with Crippen LogP contribution in [0.3, 0.4) is 0 Å². The van der Waals surface area contributed by atoms with E-state index in [0.717, 1.165) is 11.3 Å². The molecule has 0 aliphatic heterocycles. The monoisotopic (exact) mass is 387 g/mol. The van der Waals surface area contributed by atoms with E-state index in [1.807, 2.05) is 24.3 Å². The van der Waals surface area contributed by atoms with Gasteiger partial charge in [0.05, 0.1) is 19.8 Å². The largest absolute Gasteiger partial charge is 0.497 e. The summed E-state index contributed by atoms with van der Waals surface area (Å²) in [6.45, 7) is 0.150. The molecule has 140 valence electrons. The Balaban J connectivity index is 1.74. The van der Waals surface area contributed by atoms with Gasteiger partial charge in [0.25, 0.3) is 5.91 Å². The molecule has 0 unspecified atom stereocenters. The average molecular weight is 388 g/mol. The van der Waals surface area contributed by atoms with Crippen LogP contribution in [0.1, 0.15) is 16.2 Å². The minimum atomic E-state index is -0.265. The lowest BCUT2D eigenvalue weighted by atomic mass is 10.1. The Bertz CT molecular complexity index is 940. The number of hydrogen-bond acceptors (Lipinski definition) is 6. The van der Waals surface area contributed by atoms with Crippen molar-refractivity contribution in [1.29, 1.82) is 0 Å². The fourth-order valence-corrected chi connectivity index (χ4v) is 2.68. The predicted octanol–water partition coefficient (Wildman–Crippen LogP) is 3.68. The molecule has 0 aliphatic rings. The number of aromatic nitrogens is 2. The minimum Gasteiger partial charge on any atom is -0.497 e. The second-order valence-corrected chi connectivity index (χ2v) is 6.18. The number of methoxy groups -OCH3 is 2. The van der Waals surface area contributed by atoms with Crippen LogP contribution in [0.15, 0.2) is 47.0 Å². The van der Waals surface area contributed by atoms with Crippen LogP contribution in [0.4, 0.5) is 0 Å². The normalized spacial score (nSPS) is 10.5. The van der Waals surface area contributed by atoms with Gasteiger partial charge in [0.2, 0.25) is 11.7 Å². The Labute approximate surface area is 161 Å². The number of carbonyl (C=O) groups excluding carboxylic acids is 1. The number of ether oxygens (including phenoxy) is 2. The molecule has 0 atom stereocenters. The number of halogens is 1. The van der Waals surface area contributed by atoms with E-state index in [1.165, 1.54) is 12.0 Å². The highest BCUT2D eigenvalue weighted by Crippen LogP contribution is 2.25. The topological polar surface area (TPSA) is 77.7 Å². The molecule has 7 nitrogen and oxygen atoms in total. The van der Waals surface area contributed by atoms with Crippen molar-refractivity contribution in [1.82, 2.24) is 15.0 Å². The van der Waals surface area contributed by atoms with Crippen LogP contribution in [0, 0.1) is 0 Å². The van der Waals surface area contributed by atoms with Crippen molar-refractivity contribution in [3.63, 3.8) is 0 Å². The van der Waals surface area contributed by atoms with Gasteiger partial charge in [-0.25, -0.2) is 0 Å². The van der Waals surface area contributed by atoms with Crippen LogP contribution in [-0.4, -0.2) is 42.2 Å². The lowest BCUT2D eigenvalue weighted by molar-refractivity contribution is 0.0766. The van der Waals surface area contributed by atoms with Crippen molar-refractivity contribution in [3.05, 3.63) is 58.9 Å². The summed E-state index contributed by atoms with van der Waals surface area (Å²) in [6, 6.07) is 12.2. The standard InChI is InChI=1S/C19H18ClN3O4/c1-23(19(24)15-10-13(20)6-9-16(15)26-3)11-17-21-18(22-27-17)12-4-7-14(25-2)8-5-12/h4-10H,11H2,1-3H3. The Hall–Kier alpha value is -3.06. The van der Waals surface area contributed by atoms with E-state index >= 15 is 0 Å². The molecule has 0 aliphatic carbocycles. The van der Waals surface area contributed by atoms with E-state index < -0.39 is 0 Å². The average Bonchev–Trinajstić information content (AvgIpc) is 3.15. The fraction of sp³-hybridized carbons (Fsp3) is 0.211. The van der Waals surface area contributed by atoms with Gasteiger partial charge in [0.1, 0.15) is 18.0 Å². The Kier molecular flexibility index (Phi) is 5.61. The molecule has 0 spiro atoms. The molecule has 0 radical (unpaired) electrons. The van der Waals surface area contributed by atoms with Crippen molar-refractivity contribution in [2.24, 2.45) is 0 Å². The van der Waals surface area contributed by atoms with Gasteiger partial charge in [-0.05, 0) is 42.5 Å². The molecular weight excluding hydrogens is 370 g/mol. The molecule has 0 saturated heterocycles. The number of carbonyl (C=O) groups is 1. The van der Waals surface area contributed by atoms with Gasteiger partial charge in [0, 0.05) is 17.6 Å². The molecule has 0 N–H and O–H groups in total. The van der Waals surface area contributed by atoms with Crippen LogP contribution < -0.4 is 9.47 Å². The third-order valence-corrected chi connectivity index (χ3v) is 4.16. The molecule has 3 aromatic rings. The Morgan fingerprint density at radius 2 is 1.89 bits per heavy atom. The van der Waals surface area contributed by atoms with Crippen molar-refractivity contribution in [3.8, 4) is 22.9 Å². The number of amides is 1. The van der Waals surface area contributed by atoms with Gasteiger partial charge in [-0.15, -0.1) is 0 Å². The van der Waals surface area contributed by atoms with Crippen LogP contribution >= 0.6 is 11.6 Å². The van der Waals surface area contributed by atoms with E-state index in [-0.39, 0.29) is 12.5 Å². The van der Waals surface area contributed by atoms with Crippen molar-refractivity contribution in [2.75, 3.05) is 21.3 Å². The van der Waals surface area contributed by atoms with Crippen LogP contribution in [0.25, 0.3) is 11.4 Å². The first-order chi connectivity index (χ1) is 13.0. The van der Waals surface area contributed by atoms with E-state index in [9.17, 15) is 4.79 Å². The first kappa shape index (κ1) is 18.7. The Morgan fingerprint density at radius 1 is 1.15 bits per heavy atom. The SMILES string of the molecule is COc1ccc(-c2noc(CN(C)C(=O)c3cc(Cl)ccc3OC)n2)cc1. The van der Waals surface area contributed by atoms with E-state index in [0.29, 0.717) is 28.1 Å². The Morgan fingerprint density at radius 3 is 2.56 bits per heavy atom. The minimum absolute atomic E-state index is 0.150. The highest BCUT2D eigenvalue weighted by molar-refractivity contribution is 6.31. The smallest absolute Gasteiger partial charge is 0.257 e. The molecule has 0 saturated carbocycles. The molecular formula is C19H18ClN3O4. The number of rotatable bonds is 6. The maximum atomic E-state index is 12.7. The molecule has 0 bridgehead atoms. The highest BCUT2D eigenvalue weighted by Gasteiger charge is 2.20. The maximum Gasteiger partial charge on any atom is 0.257 e. The van der Waals surface area contributed by atoms with Gasteiger partial charge in [-0.3, -0.25) is 4.79 Å². The summed E-state index contributed by atoms with van der Waals surface area (Å²) in [5, 5.41) is 4.42. The third kappa shape index (κ3) is 4.20. The lowest BCUT2D eigenvalue weighted by Gasteiger charge is -2.16. The molecule has 8 heteroatoms. The molecule has 3 rings (SSSR count). The summed E-state index contributed by atoms with van der Waals surface area (Å²) >= 11 is 6.00. The molecule has 1 heterocycles. The maximum absolute atomic E-state index is 12.7. The highest BCUT2D eigenvalue weighted by atomic mass is 35.5. The summed E-state index contributed by atoms with van der Waals surface area (Å²) in [4.78, 5) is 18.5. The summed E-state index contributed by atoms with van der Waals surface area (Å²) in [5.74, 6) is 1.68.